The van der Waals surface area contributed by atoms with E-state index in [1.807, 2.05) is 0 Å². The average Bonchev–Trinajstić information content (AvgIpc) is 2.48. The van der Waals surface area contributed by atoms with Gasteiger partial charge in [0.25, 0.3) is 0 Å². The molecule has 1 aliphatic heterocycles. The monoisotopic (exact) mass is 111 g/mol. The quantitative estimate of drug-likeness (QED) is 0.538. The summed E-state index contributed by atoms with van der Waals surface area (Å²) >= 11 is 0. The van der Waals surface area contributed by atoms with Crippen LogP contribution in [0, 0.1) is 0 Å². The zero-order chi connectivity index (χ0) is 5.98. The number of hydrogen-bond donors (Lipinski definition) is 0. The van der Waals surface area contributed by atoms with Crippen molar-refractivity contribution in [3.63, 3.8) is 0 Å². The molecular formula is C7H13N. The molecule has 1 rings (SSSR count). The van der Waals surface area contributed by atoms with Crippen LogP contribution in [0.25, 0.3) is 0 Å². The van der Waals surface area contributed by atoms with Gasteiger partial charge in [-0.3, -0.25) is 0 Å². The molecule has 0 radical (unpaired) electrons. The molecule has 0 amide bonds. The first kappa shape index (κ1) is 5.67. The summed E-state index contributed by atoms with van der Waals surface area (Å²) < 4.78 is 0. The Bertz CT molecular complexity index is 105. The van der Waals surface area contributed by atoms with Crippen molar-refractivity contribution in [2.75, 3.05) is 6.54 Å². The van der Waals surface area contributed by atoms with E-state index in [1.54, 1.807) is 0 Å². The summed E-state index contributed by atoms with van der Waals surface area (Å²) in [7, 11) is 0. The van der Waals surface area contributed by atoms with Gasteiger partial charge in [-0.05, 0) is 13.3 Å². The molecule has 0 saturated carbocycles. The van der Waals surface area contributed by atoms with Crippen molar-refractivity contribution >= 4 is 0 Å². The molecule has 0 aromatic heterocycles. The fourth-order valence-electron chi connectivity index (χ4n) is 0.910. The third-order valence-electron chi connectivity index (χ3n) is 1.45. The topological polar surface area (TPSA) is 3.01 Å². The van der Waals surface area contributed by atoms with Crippen molar-refractivity contribution in [3.05, 3.63) is 11.9 Å². The molecule has 0 fully saturated rings. The summed E-state index contributed by atoms with van der Waals surface area (Å²) in [6, 6.07) is 0. The van der Waals surface area contributed by atoms with Gasteiger partial charge >= 0.3 is 0 Å². The first-order valence-electron chi connectivity index (χ1n) is 3.35. The molecule has 1 heteroatoms. The lowest BCUT2D eigenvalue weighted by Crippen LogP contribution is -1.95. The molecule has 1 heterocycles. The maximum atomic E-state index is 2.30. The van der Waals surface area contributed by atoms with Gasteiger partial charge < -0.3 is 4.90 Å². The zero-order valence-electron chi connectivity index (χ0n) is 5.65. The van der Waals surface area contributed by atoms with Crippen molar-refractivity contribution in [1.29, 1.82) is 0 Å². The molecule has 8 heavy (non-hydrogen) atoms. The Morgan fingerprint density at radius 1 is 1.50 bits per heavy atom. The van der Waals surface area contributed by atoms with E-state index in [1.165, 1.54) is 18.5 Å². The normalized spacial score (nSPS) is 16.2. The van der Waals surface area contributed by atoms with Gasteiger partial charge in [0, 0.05) is 18.4 Å². The maximum Gasteiger partial charge on any atom is 0.0338 e. The molecule has 0 aliphatic carbocycles. The molecule has 1 aliphatic rings. The summed E-state index contributed by atoms with van der Waals surface area (Å²) in [6.45, 7) is 5.56. The number of allylic oxidation sites excluding steroid dienone is 1. The Kier molecular flexibility index (Phi) is 1.56. The highest BCUT2D eigenvalue weighted by Crippen LogP contribution is 2.23. The third kappa shape index (κ3) is 1.03. The molecule has 0 saturated heterocycles. The second-order valence-electron chi connectivity index (χ2n) is 2.16. The minimum atomic E-state index is 1.16. The summed E-state index contributed by atoms with van der Waals surface area (Å²) in [5.41, 5.74) is 1.54. The van der Waals surface area contributed by atoms with Crippen LogP contribution in [0.4, 0.5) is 0 Å². The van der Waals surface area contributed by atoms with Crippen molar-refractivity contribution in [2.24, 2.45) is 0 Å². The average molecular weight is 111 g/mol. The van der Waals surface area contributed by atoms with E-state index >= 15 is 0 Å². The van der Waals surface area contributed by atoms with Gasteiger partial charge in [-0.2, -0.15) is 0 Å². The fourth-order valence-corrected chi connectivity index (χ4v) is 0.910. The van der Waals surface area contributed by atoms with E-state index in [0.717, 1.165) is 6.54 Å². The van der Waals surface area contributed by atoms with Gasteiger partial charge in [0.1, 0.15) is 0 Å². The second kappa shape index (κ2) is 2.21. The molecule has 0 aromatic carbocycles. The van der Waals surface area contributed by atoms with Crippen LogP contribution in [0.3, 0.4) is 0 Å². The Labute approximate surface area is 51.0 Å². The predicted octanol–water partition coefficient (Wildman–Crippen LogP) is 1.96. The minimum Gasteiger partial charge on any atom is -0.349 e. The van der Waals surface area contributed by atoms with Crippen LogP contribution >= 0.6 is 0 Å². The zero-order valence-corrected chi connectivity index (χ0v) is 5.65. The maximum absolute atomic E-state index is 2.30. The molecule has 0 bridgehead atoms. The van der Waals surface area contributed by atoms with Gasteiger partial charge in [-0.15, -0.1) is 0 Å². The van der Waals surface area contributed by atoms with Crippen LogP contribution in [0.2, 0.25) is 0 Å². The summed E-state index contributed by atoms with van der Waals surface area (Å²) in [6.07, 6.45) is 4.78. The first-order valence-corrected chi connectivity index (χ1v) is 3.35. The third-order valence-corrected chi connectivity index (χ3v) is 1.45. The molecule has 0 aromatic rings. The lowest BCUT2D eigenvalue weighted by Gasteiger charge is -1.97. The number of nitrogens with zero attached hydrogens (tertiary/aromatic N) is 1. The van der Waals surface area contributed by atoms with Crippen LogP contribution in [-0.4, -0.2) is 11.4 Å². The van der Waals surface area contributed by atoms with Gasteiger partial charge in [0.15, 0.2) is 0 Å². The van der Waals surface area contributed by atoms with E-state index in [4.69, 9.17) is 0 Å². The lowest BCUT2D eigenvalue weighted by molar-refractivity contribution is 0.589. The highest BCUT2D eigenvalue weighted by molar-refractivity contribution is 5.17. The van der Waals surface area contributed by atoms with Crippen LogP contribution in [-0.2, 0) is 0 Å². The Hall–Kier alpha value is -0.460. The molecule has 0 spiro atoms. The lowest BCUT2D eigenvalue weighted by atomic mass is 10.3. The van der Waals surface area contributed by atoms with E-state index in [9.17, 15) is 0 Å². The fraction of sp³-hybridized carbons (Fsp3) is 0.714. The van der Waals surface area contributed by atoms with Gasteiger partial charge in [-0.25, -0.2) is 0 Å². The van der Waals surface area contributed by atoms with Crippen LogP contribution in [0.15, 0.2) is 11.9 Å². The number of hydrogen-bond acceptors (Lipinski definition) is 1. The van der Waals surface area contributed by atoms with Crippen molar-refractivity contribution in [2.45, 2.75) is 26.7 Å². The summed E-state index contributed by atoms with van der Waals surface area (Å²) in [5.74, 6) is 0. The van der Waals surface area contributed by atoms with E-state index in [0.29, 0.717) is 0 Å². The van der Waals surface area contributed by atoms with E-state index in [2.05, 4.69) is 24.9 Å². The Balaban J connectivity index is 2.06. The second-order valence-corrected chi connectivity index (χ2v) is 2.16. The molecule has 0 atom stereocenters. The SMILES string of the molecule is CCCC1=CN1CC. The first-order chi connectivity index (χ1) is 3.88. The summed E-state index contributed by atoms with van der Waals surface area (Å²) in [5, 5.41) is 0. The van der Waals surface area contributed by atoms with Gasteiger partial charge in [0.2, 0.25) is 0 Å². The molecule has 1 nitrogen and oxygen atoms in total. The van der Waals surface area contributed by atoms with Crippen molar-refractivity contribution < 1.29 is 0 Å². The smallest absolute Gasteiger partial charge is 0.0338 e. The van der Waals surface area contributed by atoms with Crippen LogP contribution in [0.5, 0.6) is 0 Å². The predicted molar refractivity (Wildman–Crippen MR) is 35.4 cm³/mol. The van der Waals surface area contributed by atoms with Crippen molar-refractivity contribution in [3.8, 4) is 0 Å². The Morgan fingerprint density at radius 2 is 2.25 bits per heavy atom. The molecule has 0 N–H and O–H groups in total. The standard InChI is InChI=1S/C7H13N/c1-3-5-7-6-8(7)4-2/h6H,3-5H2,1-2H3. The molecule has 46 valence electrons. The molecular weight excluding hydrogens is 98.1 g/mol. The number of rotatable bonds is 3. The highest BCUT2D eigenvalue weighted by atomic mass is 15.2. The van der Waals surface area contributed by atoms with Gasteiger partial charge in [0.05, 0.1) is 0 Å². The summed E-state index contributed by atoms with van der Waals surface area (Å²) in [4.78, 5) is 2.30. The largest absolute Gasteiger partial charge is 0.349 e. The van der Waals surface area contributed by atoms with Crippen LogP contribution < -0.4 is 0 Å². The van der Waals surface area contributed by atoms with E-state index in [-0.39, 0.29) is 0 Å². The molecule has 0 unspecified atom stereocenters. The van der Waals surface area contributed by atoms with Gasteiger partial charge in [-0.1, -0.05) is 13.3 Å². The van der Waals surface area contributed by atoms with Crippen LogP contribution in [0.1, 0.15) is 26.7 Å². The van der Waals surface area contributed by atoms with Crippen molar-refractivity contribution in [1.82, 2.24) is 4.90 Å². The highest BCUT2D eigenvalue weighted by Gasteiger charge is 2.15. The minimum absolute atomic E-state index is 1.16. The Morgan fingerprint density at radius 3 is 2.62 bits per heavy atom. The van der Waals surface area contributed by atoms with E-state index < -0.39 is 0 Å².